The van der Waals surface area contributed by atoms with Crippen molar-refractivity contribution in [2.75, 3.05) is 5.73 Å². The SMILES string of the molecule is CCCCCCCCCCc1cc(=O)oc2ccc(N)cc12. The molecule has 0 aliphatic rings. The van der Waals surface area contributed by atoms with Gasteiger partial charge in [-0.25, -0.2) is 4.79 Å². The van der Waals surface area contributed by atoms with Gasteiger partial charge in [0.15, 0.2) is 0 Å². The second kappa shape index (κ2) is 8.62. The van der Waals surface area contributed by atoms with Gasteiger partial charge in [0, 0.05) is 17.1 Å². The molecule has 0 saturated carbocycles. The minimum atomic E-state index is -0.271. The molecule has 0 unspecified atom stereocenters. The Labute approximate surface area is 132 Å². The van der Waals surface area contributed by atoms with Crippen molar-refractivity contribution >= 4 is 16.7 Å². The van der Waals surface area contributed by atoms with Gasteiger partial charge in [-0.1, -0.05) is 51.9 Å². The van der Waals surface area contributed by atoms with E-state index in [2.05, 4.69) is 6.92 Å². The summed E-state index contributed by atoms with van der Waals surface area (Å²) in [6.07, 6.45) is 11.2. The maximum absolute atomic E-state index is 11.6. The van der Waals surface area contributed by atoms with E-state index < -0.39 is 0 Å². The summed E-state index contributed by atoms with van der Waals surface area (Å²) in [5.41, 5.74) is 7.98. The fourth-order valence-corrected chi connectivity index (χ4v) is 2.90. The molecule has 2 N–H and O–H groups in total. The molecule has 2 aromatic rings. The zero-order chi connectivity index (χ0) is 15.8. The van der Waals surface area contributed by atoms with E-state index in [1.54, 1.807) is 18.2 Å². The summed E-state index contributed by atoms with van der Waals surface area (Å²) in [6, 6.07) is 7.07. The summed E-state index contributed by atoms with van der Waals surface area (Å²) in [4.78, 5) is 11.6. The Morgan fingerprint density at radius 3 is 2.36 bits per heavy atom. The number of anilines is 1. The van der Waals surface area contributed by atoms with Gasteiger partial charge >= 0.3 is 5.63 Å². The van der Waals surface area contributed by atoms with Crippen LogP contribution in [0, 0.1) is 0 Å². The highest BCUT2D eigenvalue weighted by molar-refractivity contribution is 5.83. The first-order valence-corrected chi connectivity index (χ1v) is 8.53. The molecule has 120 valence electrons. The predicted molar refractivity (Wildman–Crippen MR) is 93.2 cm³/mol. The van der Waals surface area contributed by atoms with Gasteiger partial charge in [0.05, 0.1) is 0 Å². The highest BCUT2D eigenvalue weighted by Crippen LogP contribution is 2.22. The van der Waals surface area contributed by atoms with Gasteiger partial charge in [0.25, 0.3) is 0 Å². The number of benzene rings is 1. The van der Waals surface area contributed by atoms with Crippen molar-refractivity contribution in [3.05, 3.63) is 40.2 Å². The van der Waals surface area contributed by atoms with Gasteiger partial charge < -0.3 is 10.2 Å². The average molecular weight is 301 g/mol. The first-order valence-electron chi connectivity index (χ1n) is 8.53. The number of fused-ring (bicyclic) bond motifs is 1. The van der Waals surface area contributed by atoms with Gasteiger partial charge in [-0.05, 0) is 36.6 Å². The second-order valence-corrected chi connectivity index (χ2v) is 6.07. The van der Waals surface area contributed by atoms with Crippen LogP contribution in [-0.4, -0.2) is 0 Å². The molecular weight excluding hydrogens is 274 g/mol. The second-order valence-electron chi connectivity index (χ2n) is 6.07. The third-order valence-corrected chi connectivity index (χ3v) is 4.15. The number of hydrogen-bond acceptors (Lipinski definition) is 3. The summed E-state index contributed by atoms with van der Waals surface area (Å²) in [6.45, 7) is 2.24. The van der Waals surface area contributed by atoms with Crippen LogP contribution in [0.1, 0.15) is 63.9 Å². The molecule has 0 spiro atoms. The lowest BCUT2D eigenvalue weighted by atomic mass is 10.0. The van der Waals surface area contributed by atoms with E-state index in [1.807, 2.05) is 6.07 Å². The van der Waals surface area contributed by atoms with Crippen LogP contribution >= 0.6 is 0 Å². The molecule has 0 fully saturated rings. The fourth-order valence-electron chi connectivity index (χ4n) is 2.90. The van der Waals surface area contributed by atoms with Crippen LogP contribution in [0.2, 0.25) is 0 Å². The van der Waals surface area contributed by atoms with Crippen LogP contribution in [0.25, 0.3) is 11.0 Å². The van der Waals surface area contributed by atoms with Crippen molar-refractivity contribution in [1.29, 1.82) is 0 Å². The van der Waals surface area contributed by atoms with Crippen LogP contribution in [0.3, 0.4) is 0 Å². The van der Waals surface area contributed by atoms with Gasteiger partial charge in [-0.15, -0.1) is 0 Å². The first-order chi connectivity index (χ1) is 10.7. The summed E-state index contributed by atoms with van der Waals surface area (Å²) < 4.78 is 5.23. The molecule has 0 aliphatic heterocycles. The largest absolute Gasteiger partial charge is 0.423 e. The lowest BCUT2D eigenvalue weighted by molar-refractivity contribution is 0.555. The Morgan fingerprint density at radius 2 is 1.64 bits per heavy atom. The highest BCUT2D eigenvalue weighted by atomic mass is 16.4. The molecule has 0 saturated heterocycles. The molecule has 0 atom stereocenters. The molecule has 1 aromatic heterocycles. The van der Waals surface area contributed by atoms with Crippen molar-refractivity contribution < 1.29 is 4.42 Å². The highest BCUT2D eigenvalue weighted by Gasteiger charge is 2.06. The lowest BCUT2D eigenvalue weighted by Gasteiger charge is -2.06. The van der Waals surface area contributed by atoms with E-state index in [1.165, 1.54) is 44.9 Å². The van der Waals surface area contributed by atoms with Crippen molar-refractivity contribution in [3.63, 3.8) is 0 Å². The molecule has 1 heterocycles. The molecule has 3 nitrogen and oxygen atoms in total. The zero-order valence-corrected chi connectivity index (χ0v) is 13.6. The number of rotatable bonds is 9. The van der Waals surface area contributed by atoms with Crippen molar-refractivity contribution in [1.82, 2.24) is 0 Å². The van der Waals surface area contributed by atoms with Crippen LogP contribution < -0.4 is 11.4 Å². The Bertz CT molecular complexity index is 645. The molecule has 0 aliphatic carbocycles. The van der Waals surface area contributed by atoms with Crippen molar-refractivity contribution in [2.45, 2.75) is 64.7 Å². The van der Waals surface area contributed by atoms with E-state index in [4.69, 9.17) is 10.2 Å². The molecule has 3 heteroatoms. The van der Waals surface area contributed by atoms with Crippen molar-refractivity contribution in [2.24, 2.45) is 0 Å². The van der Waals surface area contributed by atoms with E-state index in [-0.39, 0.29) is 5.63 Å². The molecule has 1 aromatic carbocycles. The number of aryl methyl sites for hydroxylation is 1. The third-order valence-electron chi connectivity index (χ3n) is 4.15. The standard InChI is InChI=1S/C19H27NO2/c1-2-3-4-5-6-7-8-9-10-15-13-19(21)22-18-12-11-16(20)14-17(15)18/h11-14H,2-10,20H2,1H3. The van der Waals surface area contributed by atoms with Crippen LogP contribution in [0.4, 0.5) is 5.69 Å². The first kappa shape index (κ1) is 16.6. The summed E-state index contributed by atoms with van der Waals surface area (Å²) >= 11 is 0. The van der Waals surface area contributed by atoms with Crippen LogP contribution in [-0.2, 0) is 6.42 Å². The van der Waals surface area contributed by atoms with Gasteiger partial charge in [0.1, 0.15) is 5.58 Å². The normalized spacial score (nSPS) is 11.1. The molecule has 0 bridgehead atoms. The van der Waals surface area contributed by atoms with E-state index >= 15 is 0 Å². The van der Waals surface area contributed by atoms with Gasteiger partial charge in [-0.2, -0.15) is 0 Å². The minimum absolute atomic E-state index is 0.271. The lowest BCUT2D eigenvalue weighted by Crippen LogP contribution is -2.01. The van der Waals surface area contributed by atoms with Crippen molar-refractivity contribution in [3.8, 4) is 0 Å². The zero-order valence-electron chi connectivity index (χ0n) is 13.6. The number of unbranched alkanes of at least 4 members (excludes halogenated alkanes) is 7. The number of nitrogens with two attached hydrogens (primary N) is 1. The molecule has 0 amide bonds. The maximum atomic E-state index is 11.6. The number of hydrogen-bond donors (Lipinski definition) is 1. The summed E-state index contributed by atoms with van der Waals surface area (Å²) in [5.74, 6) is 0. The van der Waals surface area contributed by atoms with E-state index in [0.717, 1.165) is 23.8 Å². The predicted octanol–water partition coefficient (Wildman–Crippen LogP) is 5.06. The third kappa shape index (κ3) is 4.90. The van der Waals surface area contributed by atoms with Gasteiger partial charge in [-0.3, -0.25) is 0 Å². The Morgan fingerprint density at radius 1 is 0.955 bits per heavy atom. The maximum Gasteiger partial charge on any atom is 0.336 e. The van der Waals surface area contributed by atoms with Crippen LogP contribution in [0.5, 0.6) is 0 Å². The van der Waals surface area contributed by atoms with E-state index in [0.29, 0.717) is 11.3 Å². The smallest absolute Gasteiger partial charge is 0.336 e. The topological polar surface area (TPSA) is 56.2 Å². The number of nitrogen functional groups attached to an aromatic ring is 1. The summed E-state index contributed by atoms with van der Waals surface area (Å²) in [7, 11) is 0. The molecule has 2 rings (SSSR count). The fraction of sp³-hybridized carbons (Fsp3) is 0.526. The minimum Gasteiger partial charge on any atom is -0.423 e. The monoisotopic (exact) mass is 301 g/mol. The summed E-state index contributed by atoms with van der Waals surface area (Å²) in [5, 5.41) is 0.975. The van der Waals surface area contributed by atoms with Crippen LogP contribution in [0.15, 0.2) is 33.5 Å². The van der Waals surface area contributed by atoms with E-state index in [9.17, 15) is 4.79 Å². The average Bonchev–Trinajstić information content (AvgIpc) is 2.50. The molecule has 0 radical (unpaired) electrons. The quantitative estimate of drug-likeness (QED) is 0.400. The Hall–Kier alpha value is -1.77. The Balaban J connectivity index is 1.86. The van der Waals surface area contributed by atoms with Gasteiger partial charge in [0.2, 0.25) is 0 Å². The molecule has 22 heavy (non-hydrogen) atoms. The Kier molecular flexibility index (Phi) is 6.50. The molecular formula is C19H27NO2.